The summed E-state index contributed by atoms with van der Waals surface area (Å²) >= 11 is 0. The van der Waals surface area contributed by atoms with Crippen LogP contribution in [0.5, 0.6) is 5.75 Å². The van der Waals surface area contributed by atoms with Crippen LogP contribution in [0.4, 0.5) is 5.69 Å². The number of benzene rings is 1. The summed E-state index contributed by atoms with van der Waals surface area (Å²) < 4.78 is 10.8. The molecule has 20 heavy (non-hydrogen) atoms. The monoisotopic (exact) mass is 278 g/mol. The maximum atomic E-state index is 12.0. The largest absolute Gasteiger partial charge is 0.494 e. The predicted molar refractivity (Wildman–Crippen MR) is 78.1 cm³/mol. The molecule has 1 aliphatic heterocycles. The van der Waals surface area contributed by atoms with Crippen molar-refractivity contribution in [1.82, 2.24) is 4.90 Å². The molecule has 1 aromatic carbocycles. The van der Waals surface area contributed by atoms with Crippen LogP contribution >= 0.6 is 0 Å². The second-order valence-corrected chi connectivity index (χ2v) is 4.72. The summed E-state index contributed by atoms with van der Waals surface area (Å²) in [6, 6.07) is 7.70. The fourth-order valence-electron chi connectivity index (χ4n) is 2.02. The van der Waals surface area contributed by atoms with E-state index in [4.69, 9.17) is 9.47 Å². The van der Waals surface area contributed by atoms with Crippen LogP contribution in [0.3, 0.4) is 0 Å². The Hall–Kier alpha value is -1.75. The lowest BCUT2D eigenvalue weighted by Gasteiger charge is -2.27. The summed E-state index contributed by atoms with van der Waals surface area (Å²) in [5.41, 5.74) is 0.903. The average Bonchev–Trinajstić information content (AvgIpc) is 2.52. The lowest BCUT2D eigenvalue weighted by atomic mass is 10.3. The molecule has 1 saturated heterocycles. The molecule has 0 radical (unpaired) electrons. The zero-order chi connectivity index (χ0) is 14.2. The second kappa shape index (κ2) is 7.75. The van der Waals surface area contributed by atoms with Crippen LogP contribution in [-0.2, 0) is 9.53 Å². The topological polar surface area (TPSA) is 50.8 Å². The quantitative estimate of drug-likeness (QED) is 0.861. The van der Waals surface area contributed by atoms with Crippen LogP contribution in [0.1, 0.15) is 13.3 Å². The molecule has 0 aromatic heterocycles. The van der Waals surface area contributed by atoms with Crippen molar-refractivity contribution < 1.29 is 14.3 Å². The van der Waals surface area contributed by atoms with Crippen molar-refractivity contribution in [3.63, 3.8) is 0 Å². The van der Waals surface area contributed by atoms with E-state index in [-0.39, 0.29) is 5.91 Å². The first kappa shape index (κ1) is 14.7. The van der Waals surface area contributed by atoms with Gasteiger partial charge in [-0.3, -0.25) is 4.79 Å². The Morgan fingerprint density at radius 3 is 2.95 bits per heavy atom. The number of carbonyl (C=O) groups excluding carboxylic acids is 1. The lowest BCUT2D eigenvalue weighted by Crippen LogP contribution is -2.43. The molecule has 2 rings (SSSR count). The van der Waals surface area contributed by atoms with Gasteiger partial charge in [-0.15, -0.1) is 0 Å². The van der Waals surface area contributed by atoms with Crippen LogP contribution in [0.15, 0.2) is 24.3 Å². The fraction of sp³-hybridized carbons (Fsp3) is 0.533. The summed E-state index contributed by atoms with van der Waals surface area (Å²) in [5.74, 6) is 0.934. The molecule has 0 saturated carbocycles. The van der Waals surface area contributed by atoms with Crippen LogP contribution in [0.25, 0.3) is 0 Å². The first-order valence-corrected chi connectivity index (χ1v) is 7.12. The molecule has 1 fully saturated rings. The molecule has 110 valence electrons. The number of hydrogen-bond acceptors (Lipinski definition) is 4. The normalized spacial score (nSPS) is 14.9. The molecule has 5 heteroatoms. The number of carbonyl (C=O) groups is 1. The average molecular weight is 278 g/mol. The molecule has 0 bridgehead atoms. The fourth-order valence-corrected chi connectivity index (χ4v) is 2.02. The van der Waals surface area contributed by atoms with Gasteiger partial charge in [0, 0.05) is 24.8 Å². The highest BCUT2D eigenvalue weighted by molar-refractivity contribution is 5.81. The molecule has 1 N–H and O–H groups in total. The van der Waals surface area contributed by atoms with Crippen molar-refractivity contribution in [2.45, 2.75) is 13.3 Å². The van der Waals surface area contributed by atoms with Gasteiger partial charge >= 0.3 is 0 Å². The van der Waals surface area contributed by atoms with E-state index in [1.54, 1.807) is 0 Å². The van der Waals surface area contributed by atoms with E-state index in [0.717, 1.165) is 17.9 Å². The van der Waals surface area contributed by atoms with Crippen LogP contribution in [-0.4, -0.2) is 50.3 Å². The van der Waals surface area contributed by atoms with Gasteiger partial charge in [0.15, 0.2) is 0 Å². The summed E-state index contributed by atoms with van der Waals surface area (Å²) in [5, 5.41) is 3.15. The van der Waals surface area contributed by atoms with Crippen molar-refractivity contribution in [2.75, 3.05) is 44.8 Å². The summed E-state index contributed by atoms with van der Waals surface area (Å²) in [6.07, 6.45) is 0.979. The third-order valence-electron chi connectivity index (χ3n) is 3.11. The first-order chi connectivity index (χ1) is 9.79. The number of ether oxygens (including phenoxy) is 2. The molecule has 0 unspecified atom stereocenters. The summed E-state index contributed by atoms with van der Waals surface area (Å²) in [7, 11) is 0. The Labute approximate surface area is 119 Å². The highest BCUT2D eigenvalue weighted by Crippen LogP contribution is 2.17. The Balaban J connectivity index is 1.82. The minimum Gasteiger partial charge on any atom is -0.494 e. The third-order valence-corrected chi connectivity index (χ3v) is 3.11. The van der Waals surface area contributed by atoms with Crippen LogP contribution in [0, 0.1) is 0 Å². The molecule has 0 atom stereocenters. The molecule has 1 heterocycles. The second-order valence-electron chi connectivity index (χ2n) is 4.72. The van der Waals surface area contributed by atoms with Gasteiger partial charge in [-0.2, -0.15) is 0 Å². The Morgan fingerprint density at radius 2 is 2.20 bits per heavy atom. The lowest BCUT2D eigenvalue weighted by molar-refractivity contribution is -0.133. The van der Waals surface area contributed by atoms with Gasteiger partial charge < -0.3 is 19.7 Å². The number of morpholine rings is 1. The number of amides is 1. The molecule has 5 nitrogen and oxygen atoms in total. The summed E-state index contributed by atoms with van der Waals surface area (Å²) in [4.78, 5) is 13.8. The van der Waals surface area contributed by atoms with E-state index in [1.165, 1.54) is 0 Å². The molecule has 0 aliphatic carbocycles. The third kappa shape index (κ3) is 4.42. The standard InChI is InChI=1S/C15H22N2O3/c1-2-8-20-14-5-3-4-13(11-14)16-12-15(18)17-6-9-19-10-7-17/h3-5,11,16H,2,6-10,12H2,1H3. The van der Waals surface area contributed by atoms with E-state index >= 15 is 0 Å². The molecular formula is C15H22N2O3. The van der Waals surface area contributed by atoms with Gasteiger partial charge in [-0.1, -0.05) is 13.0 Å². The number of anilines is 1. The zero-order valence-electron chi connectivity index (χ0n) is 11.9. The SMILES string of the molecule is CCCOc1cccc(NCC(=O)N2CCOCC2)c1. The molecular weight excluding hydrogens is 256 g/mol. The molecule has 1 amide bonds. The van der Waals surface area contributed by atoms with E-state index < -0.39 is 0 Å². The smallest absolute Gasteiger partial charge is 0.242 e. The van der Waals surface area contributed by atoms with Crippen molar-refractivity contribution >= 4 is 11.6 Å². The van der Waals surface area contributed by atoms with Gasteiger partial charge in [0.1, 0.15) is 5.75 Å². The van der Waals surface area contributed by atoms with Gasteiger partial charge in [-0.05, 0) is 18.6 Å². The maximum Gasteiger partial charge on any atom is 0.242 e. The van der Waals surface area contributed by atoms with Crippen LogP contribution in [0.2, 0.25) is 0 Å². The van der Waals surface area contributed by atoms with Crippen LogP contribution < -0.4 is 10.1 Å². The minimum absolute atomic E-state index is 0.105. The van der Waals surface area contributed by atoms with Gasteiger partial charge in [0.05, 0.1) is 26.4 Å². The van der Waals surface area contributed by atoms with E-state index in [1.807, 2.05) is 29.2 Å². The number of nitrogens with one attached hydrogen (secondary N) is 1. The summed E-state index contributed by atoms with van der Waals surface area (Å²) in [6.45, 7) is 5.70. The first-order valence-electron chi connectivity index (χ1n) is 7.12. The number of rotatable bonds is 6. The van der Waals surface area contributed by atoms with Crippen molar-refractivity contribution in [3.05, 3.63) is 24.3 Å². The Kier molecular flexibility index (Phi) is 5.68. The van der Waals surface area contributed by atoms with Gasteiger partial charge in [0.25, 0.3) is 0 Å². The highest BCUT2D eigenvalue weighted by Gasteiger charge is 2.16. The molecule has 1 aromatic rings. The van der Waals surface area contributed by atoms with Gasteiger partial charge in [-0.25, -0.2) is 0 Å². The van der Waals surface area contributed by atoms with E-state index in [0.29, 0.717) is 39.5 Å². The maximum absolute atomic E-state index is 12.0. The molecule has 0 spiro atoms. The Bertz CT molecular complexity index is 431. The minimum atomic E-state index is 0.105. The van der Waals surface area contributed by atoms with Crippen molar-refractivity contribution in [2.24, 2.45) is 0 Å². The van der Waals surface area contributed by atoms with Crippen molar-refractivity contribution in [3.8, 4) is 5.75 Å². The molecule has 1 aliphatic rings. The Morgan fingerprint density at radius 1 is 1.40 bits per heavy atom. The highest BCUT2D eigenvalue weighted by atomic mass is 16.5. The number of nitrogens with zero attached hydrogens (tertiary/aromatic N) is 1. The van der Waals surface area contributed by atoms with E-state index in [9.17, 15) is 4.79 Å². The van der Waals surface area contributed by atoms with Crippen molar-refractivity contribution in [1.29, 1.82) is 0 Å². The van der Waals surface area contributed by atoms with Gasteiger partial charge in [0.2, 0.25) is 5.91 Å². The van der Waals surface area contributed by atoms with E-state index in [2.05, 4.69) is 12.2 Å². The predicted octanol–water partition coefficient (Wildman–Crippen LogP) is 1.75. The zero-order valence-corrected chi connectivity index (χ0v) is 11.9. The number of hydrogen-bond donors (Lipinski definition) is 1.